The van der Waals surface area contributed by atoms with Gasteiger partial charge in [-0.05, 0) is 24.6 Å². The molecule has 0 saturated carbocycles. The molecular formula is C12H17ClNO3-. The molecule has 0 saturated heterocycles. The van der Waals surface area contributed by atoms with E-state index >= 15 is 0 Å². The van der Waals surface area contributed by atoms with E-state index in [1.165, 1.54) is 0 Å². The van der Waals surface area contributed by atoms with Crippen molar-refractivity contribution in [3.8, 4) is 5.75 Å². The second-order valence-corrected chi connectivity index (χ2v) is 3.39. The molecule has 0 aromatic heterocycles. The maximum Gasteiger partial charge on any atom is 0.307 e. The van der Waals surface area contributed by atoms with Gasteiger partial charge in [-0.1, -0.05) is 12.1 Å². The number of benzene rings is 1. The van der Waals surface area contributed by atoms with Crippen molar-refractivity contribution >= 4 is 5.97 Å². The molecule has 0 bridgehead atoms. The van der Waals surface area contributed by atoms with Crippen molar-refractivity contribution in [2.75, 3.05) is 13.7 Å². The predicted octanol–water partition coefficient (Wildman–Crippen LogP) is -1.35. The molecule has 0 aliphatic rings. The number of methoxy groups -OCH3 is 1. The van der Waals surface area contributed by atoms with E-state index in [4.69, 9.17) is 15.2 Å². The van der Waals surface area contributed by atoms with Crippen LogP contribution in [0.4, 0.5) is 0 Å². The van der Waals surface area contributed by atoms with Crippen molar-refractivity contribution < 1.29 is 26.7 Å². The molecule has 17 heavy (non-hydrogen) atoms. The summed E-state index contributed by atoms with van der Waals surface area (Å²) in [4.78, 5) is 11.2. The molecule has 1 aromatic carbocycles. The van der Waals surface area contributed by atoms with E-state index in [1.54, 1.807) is 14.0 Å². The van der Waals surface area contributed by atoms with Crippen molar-refractivity contribution in [3.63, 3.8) is 0 Å². The molecule has 5 heteroatoms. The molecule has 1 rings (SSSR count). The summed E-state index contributed by atoms with van der Waals surface area (Å²) < 4.78 is 9.87. The van der Waals surface area contributed by atoms with Gasteiger partial charge in [0.2, 0.25) is 0 Å². The summed E-state index contributed by atoms with van der Waals surface area (Å²) in [6.45, 7) is 2.16. The number of ether oxygens (including phenoxy) is 2. The van der Waals surface area contributed by atoms with Gasteiger partial charge in [0.15, 0.2) is 0 Å². The average molecular weight is 259 g/mol. The Bertz CT molecular complexity index is 340. The number of hydrogen-bond acceptors (Lipinski definition) is 4. The van der Waals surface area contributed by atoms with Crippen LogP contribution < -0.4 is 22.9 Å². The van der Waals surface area contributed by atoms with E-state index in [2.05, 4.69) is 0 Å². The lowest BCUT2D eigenvalue weighted by molar-refractivity contribution is -0.143. The van der Waals surface area contributed by atoms with Crippen LogP contribution in [0.1, 0.15) is 24.9 Å². The maximum absolute atomic E-state index is 11.2. The van der Waals surface area contributed by atoms with Gasteiger partial charge in [0.25, 0.3) is 0 Å². The zero-order valence-electron chi connectivity index (χ0n) is 9.98. The van der Waals surface area contributed by atoms with Gasteiger partial charge in [0.1, 0.15) is 5.75 Å². The lowest BCUT2D eigenvalue weighted by Gasteiger charge is -2.11. The standard InChI is InChI=1S/C12H17NO3.ClH/c1-3-16-12(14)8-11(13)9-4-6-10(15-2)7-5-9;/h4-7,11H,3,8,13H2,1-2H3;1H/p-1. The second kappa shape index (κ2) is 7.92. The van der Waals surface area contributed by atoms with E-state index in [0.717, 1.165) is 11.3 Å². The Morgan fingerprint density at radius 2 is 1.94 bits per heavy atom. The monoisotopic (exact) mass is 258 g/mol. The van der Waals surface area contributed by atoms with E-state index in [9.17, 15) is 4.79 Å². The SMILES string of the molecule is CCOC(=O)CC(N)c1ccc(OC)cc1.[Cl-]. The number of halogens is 1. The lowest BCUT2D eigenvalue weighted by Crippen LogP contribution is -3.00. The number of nitrogens with two attached hydrogens (primary N) is 1. The van der Waals surface area contributed by atoms with E-state index < -0.39 is 0 Å². The first kappa shape index (κ1) is 15.7. The topological polar surface area (TPSA) is 61.5 Å². The Morgan fingerprint density at radius 3 is 2.41 bits per heavy atom. The third-order valence-electron chi connectivity index (χ3n) is 2.24. The van der Waals surface area contributed by atoms with Crippen LogP contribution in [0.2, 0.25) is 0 Å². The van der Waals surface area contributed by atoms with Crippen LogP contribution in [0.5, 0.6) is 5.75 Å². The number of rotatable bonds is 5. The highest BCUT2D eigenvalue weighted by Gasteiger charge is 2.12. The molecule has 96 valence electrons. The Morgan fingerprint density at radius 1 is 1.35 bits per heavy atom. The molecule has 0 fully saturated rings. The Kier molecular flexibility index (Phi) is 7.34. The molecule has 0 heterocycles. The third-order valence-corrected chi connectivity index (χ3v) is 2.24. The summed E-state index contributed by atoms with van der Waals surface area (Å²) in [6, 6.07) is 7.01. The van der Waals surface area contributed by atoms with Gasteiger partial charge in [-0.2, -0.15) is 0 Å². The number of carbonyl (C=O) groups excluding carboxylic acids is 1. The fraction of sp³-hybridized carbons (Fsp3) is 0.417. The quantitative estimate of drug-likeness (QED) is 0.664. The fourth-order valence-electron chi connectivity index (χ4n) is 1.37. The number of esters is 1. The highest BCUT2D eigenvalue weighted by atomic mass is 35.5. The molecule has 0 amide bonds. The Balaban J connectivity index is 0.00000256. The highest BCUT2D eigenvalue weighted by Crippen LogP contribution is 2.18. The summed E-state index contributed by atoms with van der Waals surface area (Å²) in [5, 5.41) is 0. The molecule has 0 radical (unpaired) electrons. The molecule has 0 aliphatic heterocycles. The first-order valence-electron chi connectivity index (χ1n) is 5.22. The minimum Gasteiger partial charge on any atom is -1.00 e. The van der Waals surface area contributed by atoms with Gasteiger partial charge in [-0.25, -0.2) is 0 Å². The molecule has 4 nitrogen and oxygen atoms in total. The summed E-state index contributed by atoms with van der Waals surface area (Å²) in [5.41, 5.74) is 6.77. The smallest absolute Gasteiger partial charge is 0.307 e. The molecule has 1 aromatic rings. The van der Waals surface area contributed by atoms with Crippen LogP contribution >= 0.6 is 0 Å². The van der Waals surface area contributed by atoms with Gasteiger partial charge in [-0.15, -0.1) is 0 Å². The summed E-state index contributed by atoms with van der Waals surface area (Å²) in [7, 11) is 1.60. The summed E-state index contributed by atoms with van der Waals surface area (Å²) >= 11 is 0. The van der Waals surface area contributed by atoms with Gasteiger partial charge in [0.05, 0.1) is 20.1 Å². The van der Waals surface area contributed by atoms with Crippen molar-refractivity contribution in [1.29, 1.82) is 0 Å². The van der Waals surface area contributed by atoms with Crippen LogP contribution in [0.25, 0.3) is 0 Å². The van der Waals surface area contributed by atoms with Crippen molar-refractivity contribution in [3.05, 3.63) is 29.8 Å². The van der Waals surface area contributed by atoms with Crippen LogP contribution in [-0.2, 0) is 9.53 Å². The molecule has 0 spiro atoms. The zero-order chi connectivity index (χ0) is 12.0. The van der Waals surface area contributed by atoms with Crippen molar-refractivity contribution in [2.24, 2.45) is 5.73 Å². The number of hydrogen-bond donors (Lipinski definition) is 1. The Hall–Kier alpha value is -1.26. The average Bonchev–Trinajstić information content (AvgIpc) is 2.29. The lowest BCUT2D eigenvalue weighted by atomic mass is 10.0. The minimum absolute atomic E-state index is 0. The first-order chi connectivity index (χ1) is 7.67. The molecule has 1 unspecified atom stereocenters. The van der Waals surface area contributed by atoms with Crippen molar-refractivity contribution in [2.45, 2.75) is 19.4 Å². The van der Waals surface area contributed by atoms with Crippen LogP contribution in [0, 0.1) is 0 Å². The second-order valence-electron chi connectivity index (χ2n) is 3.39. The van der Waals surface area contributed by atoms with Crippen molar-refractivity contribution in [1.82, 2.24) is 0 Å². The molecule has 0 aliphatic carbocycles. The van der Waals surface area contributed by atoms with Gasteiger partial charge in [0, 0.05) is 6.04 Å². The zero-order valence-corrected chi connectivity index (χ0v) is 10.7. The van der Waals surface area contributed by atoms with E-state index in [0.29, 0.717) is 6.61 Å². The molecule has 1 atom stereocenters. The van der Waals surface area contributed by atoms with Gasteiger partial charge in [-0.3, -0.25) is 4.79 Å². The van der Waals surface area contributed by atoms with E-state index in [1.807, 2.05) is 24.3 Å². The maximum atomic E-state index is 11.2. The number of carbonyl (C=O) groups is 1. The first-order valence-corrected chi connectivity index (χ1v) is 5.22. The molecular weight excluding hydrogens is 242 g/mol. The fourth-order valence-corrected chi connectivity index (χ4v) is 1.37. The molecule has 2 N–H and O–H groups in total. The summed E-state index contributed by atoms with van der Waals surface area (Å²) in [6.07, 6.45) is 0.195. The van der Waals surface area contributed by atoms with Crippen LogP contribution in [0.15, 0.2) is 24.3 Å². The van der Waals surface area contributed by atoms with Crippen LogP contribution in [-0.4, -0.2) is 19.7 Å². The largest absolute Gasteiger partial charge is 1.00 e. The summed E-state index contributed by atoms with van der Waals surface area (Å²) in [5.74, 6) is 0.498. The predicted molar refractivity (Wildman–Crippen MR) is 61.2 cm³/mol. The normalized spacial score (nSPS) is 11.2. The van der Waals surface area contributed by atoms with Gasteiger partial charge >= 0.3 is 5.97 Å². The third kappa shape index (κ3) is 5.06. The van der Waals surface area contributed by atoms with Crippen LogP contribution in [0.3, 0.4) is 0 Å². The van der Waals surface area contributed by atoms with Gasteiger partial charge < -0.3 is 27.6 Å². The Labute approximate surface area is 108 Å². The minimum atomic E-state index is -0.329. The van der Waals surface area contributed by atoms with E-state index in [-0.39, 0.29) is 30.8 Å². The highest BCUT2D eigenvalue weighted by molar-refractivity contribution is 5.70.